The number of halogens is 1. The number of aryl methyl sites for hydroxylation is 1. The number of carbonyl (C=O) groups is 1. The van der Waals surface area contributed by atoms with Gasteiger partial charge in [-0.3, -0.25) is 9.20 Å². The predicted octanol–water partition coefficient (Wildman–Crippen LogP) is 4.72. The van der Waals surface area contributed by atoms with Crippen molar-refractivity contribution in [2.24, 2.45) is 0 Å². The lowest BCUT2D eigenvalue weighted by Gasteiger charge is -2.13. The molecule has 108 valence electrons. The van der Waals surface area contributed by atoms with Crippen LogP contribution >= 0.6 is 11.6 Å². The van der Waals surface area contributed by atoms with E-state index in [0.717, 1.165) is 5.56 Å². The van der Waals surface area contributed by atoms with Crippen molar-refractivity contribution in [2.45, 2.75) is 13.8 Å². The normalized spacial score (nSPS) is 10.6. The van der Waals surface area contributed by atoms with Gasteiger partial charge in [-0.15, -0.1) is 4.98 Å². The summed E-state index contributed by atoms with van der Waals surface area (Å²) < 4.78 is 1.79. The molecule has 0 bridgehead atoms. The predicted molar refractivity (Wildman–Crippen MR) is 86.6 cm³/mol. The Morgan fingerprint density at radius 1 is 1.32 bits per heavy atom. The molecule has 2 aromatic heterocycles. The zero-order chi connectivity index (χ0) is 15.9. The second-order valence-electron chi connectivity index (χ2n) is 4.96. The SMILES string of the molecule is [C-]#[N+]c1nc(C)n2c(-c3ccccc3)c(C(C)=O)cc(Cl)c12. The van der Waals surface area contributed by atoms with E-state index in [-0.39, 0.29) is 11.6 Å². The fraction of sp³-hybridized carbons (Fsp3) is 0.118. The Morgan fingerprint density at radius 3 is 2.59 bits per heavy atom. The van der Waals surface area contributed by atoms with E-state index in [0.29, 0.717) is 27.6 Å². The number of hydrogen-bond acceptors (Lipinski definition) is 2. The zero-order valence-electron chi connectivity index (χ0n) is 12.1. The second kappa shape index (κ2) is 5.28. The van der Waals surface area contributed by atoms with Crippen LogP contribution in [0.15, 0.2) is 36.4 Å². The van der Waals surface area contributed by atoms with Gasteiger partial charge in [0, 0.05) is 12.5 Å². The van der Waals surface area contributed by atoms with Crippen molar-refractivity contribution >= 4 is 28.7 Å². The molecule has 4 nitrogen and oxygen atoms in total. The summed E-state index contributed by atoms with van der Waals surface area (Å²) in [6.07, 6.45) is 0. The van der Waals surface area contributed by atoms with Gasteiger partial charge in [-0.2, -0.15) is 0 Å². The summed E-state index contributed by atoms with van der Waals surface area (Å²) in [4.78, 5) is 19.8. The van der Waals surface area contributed by atoms with Crippen LogP contribution in [-0.4, -0.2) is 15.2 Å². The van der Waals surface area contributed by atoms with E-state index in [2.05, 4.69) is 9.83 Å². The Hall–Kier alpha value is -2.64. The smallest absolute Gasteiger partial charge is 0.297 e. The van der Waals surface area contributed by atoms with Crippen LogP contribution in [0.4, 0.5) is 5.82 Å². The molecule has 3 rings (SSSR count). The molecule has 22 heavy (non-hydrogen) atoms. The summed E-state index contributed by atoms with van der Waals surface area (Å²) >= 11 is 6.31. The monoisotopic (exact) mass is 309 g/mol. The van der Waals surface area contributed by atoms with Crippen molar-refractivity contribution in [1.29, 1.82) is 0 Å². The Bertz CT molecular complexity index is 936. The van der Waals surface area contributed by atoms with Gasteiger partial charge in [0.05, 0.1) is 16.2 Å². The van der Waals surface area contributed by atoms with Crippen LogP contribution in [0.2, 0.25) is 5.02 Å². The topological polar surface area (TPSA) is 38.7 Å². The Balaban J connectivity index is 2.55. The standard InChI is InChI=1S/C17H12ClN3O/c1-10(22)13-9-14(18)16-17(19-3)20-11(2)21(16)15(13)12-7-5-4-6-8-12/h4-9H,1-2H3. The lowest BCUT2D eigenvalue weighted by Crippen LogP contribution is -2.04. The molecular formula is C17H12ClN3O. The molecule has 0 aliphatic carbocycles. The molecule has 3 aromatic rings. The van der Waals surface area contributed by atoms with Gasteiger partial charge in [0.15, 0.2) is 5.78 Å². The largest absolute Gasteiger partial charge is 0.359 e. The van der Waals surface area contributed by atoms with Gasteiger partial charge < -0.3 is 4.85 Å². The lowest BCUT2D eigenvalue weighted by atomic mass is 10.0. The first kappa shape index (κ1) is 14.3. The Morgan fingerprint density at radius 2 is 2.00 bits per heavy atom. The van der Waals surface area contributed by atoms with Gasteiger partial charge in [0.25, 0.3) is 5.82 Å². The van der Waals surface area contributed by atoms with Crippen molar-refractivity contribution in [1.82, 2.24) is 9.38 Å². The zero-order valence-corrected chi connectivity index (χ0v) is 12.8. The third kappa shape index (κ3) is 2.07. The summed E-state index contributed by atoms with van der Waals surface area (Å²) in [7, 11) is 0. The van der Waals surface area contributed by atoms with E-state index in [1.54, 1.807) is 17.4 Å². The molecule has 2 heterocycles. The number of fused-ring (bicyclic) bond motifs is 1. The molecule has 0 aliphatic heterocycles. The van der Waals surface area contributed by atoms with E-state index in [1.807, 2.05) is 30.3 Å². The maximum Gasteiger partial charge on any atom is 0.297 e. The third-order valence-corrected chi connectivity index (χ3v) is 3.82. The van der Waals surface area contributed by atoms with Crippen LogP contribution in [-0.2, 0) is 0 Å². The lowest BCUT2D eigenvalue weighted by molar-refractivity contribution is 0.101. The van der Waals surface area contributed by atoms with E-state index in [4.69, 9.17) is 18.2 Å². The van der Waals surface area contributed by atoms with Gasteiger partial charge in [-0.05, 0) is 18.6 Å². The number of rotatable bonds is 2. The minimum Gasteiger partial charge on any atom is -0.359 e. The average Bonchev–Trinajstić information content (AvgIpc) is 2.85. The van der Waals surface area contributed by atoms with E-state index in [9.17, 15) is 4.79 Å². The number of benzene rings is 1. The maximum absolute atomic E-state index is 12.1. The first-order chi connectivity index (χ1) is 10.5. The van der Waals surface area contributed by atoms with Crippen LogP contribution < -0.4 is 0 Å². The minimum atomic E-state index is -0.0832. The van der Waals surface area contributed by atoms with E-state index >= 15 is 0 Å². The summed E-state index contributed by atoms with van der Waals surface area (Å²) in [6.45, 7) is 10.6. The van der Waals surface area contributed by atoms with E-state index < -0.39 is 0 Å². The number of pyridine rings is 1. The number of carbonyl (C=O) groups excluding carboxylic acids is 1. The second-order valence-corrected chi connectivity index (χ2v) is 5.36. The molecule has 0 N–H and O–H groups in total. The first-order valence-corrected chi connectivity index (χ1v) is 7.07. The highest BCUT2D eigenvalue weighted by atomic mass is 35.5. The third-order valence-electron chi connectivity index (χ3n) is 3.54. The van der Waals surface area contributed by atoms with Crippen LogP contribution in [0.3, 0.4) is 0 Å². The average molecular weight is 310 g/mol. The van der Waals surface area contributed by atoms with Gasteiger partial charge in [0.1, 0.15) is 0 Å². The van der Waals surface area contributed by atoms with Crippen molar-refractivity contribution in [3.8, 4) is 11.3 Å². The summed E-state index contributed by atoms with van der Waals surface area (Å²) in [5.41, 5.74) is 2.65. The molecule has 0 unspecified atom stereocenters. The summed E-state index contributed by atoms with van der Waals surface area (Å²) in [5, 5.41) is 0.358. The molecule has 0 saturated heterocycles. The first-order valence-electron chi connectivity index (χ1n) is 6.70. The summed E-state index contributed by atoms with van der Waals surface area (Å²) in [6, 6.07) is 11.2. The maximum atomic E-state index is 12.1. The van der Waals surface area contributed by atoms with Crippen molar-refractivity contribution in [2.75, 3.05) is 0 Å². The number of Topliss-reactive ketones (excluding diaryl/α,β-unsaturated/α-hetero) is 1. The fourth-order valence-electron chi connectivity index (χ4n) is 2.62. The highest BCUT2D eigenvalue weighted by molar-refractivity contribution is 6.35. The van der Waals surface area contributed by atoms with E-state index in [1.165, 1.54) is 6.92 Å². The Kier molecular flexibility index (Phi) is 3.44. The highest BCUT2D eigenvalue weighted by Crippen LogP contribution is 2.36. The van der Waals surface area contributed by atoms with Crippen LogP contribution in [0, 0.1) is 13.5 Å². The number of hydrogen-bond donors (Lipinski definition) is 0. The van der Waals surface area contributed by atoms with Crippen molar-refractivity contribution in [3.05, 3.63) is 64.2 Å². The number of nitrogens with zero attached hydrogens (tertiary/aromatic N) is 3. The van der Waals surface area contributed by atoms with Gasteiger partial charge >= 0.3 is 0 Å². The number of ketones is 1. The minimum absolute atomic E-state index is 0.0832. The quantitative estimate of drug-likeness (QED) is 0.507. The Labute approximate surface area is 132 Å². The van der Waals surface area contributed by atoms with Crippen LogP contribution in [0.25, 0.3) is 21.6 Å². The summed E-state index contributed by atoms with van der Waals surface area (Å²) in [5.74, 6) is 0.791. The highest BCUT2D eigenvalue weighted by Gasteiger charge is 2.22. The van der Waals surface area contributed by atoms with Crippen LogP contribution in [0.1, 0.15) is 23.1 Å². The van der Waals surface area contributed by atoms with Gasteiger partial charge in [-0.1, -0.05) is 48.5 Å². The van der Waals surface area contributed by atoms with Gasteiger partial charge in [-0.25, -0.2) is 0 Å². The number of aromatic nitrogens is 2. The molecule has 5 heteroatoms. The molecule has 0 spiro atoms. The van der Waals surface area contributed by atoms with Gasteiger partial charge in [0.2, 0.25) is 5.82 Å². The number of imidazole rings is 1. The van der Waals surface area contributed by atoms with Crippen molar-refractivity contribution in [3.63, 3.8) is 0 Å². The molecule has 0 atom stereocenters. The molecule has 0 radical (unpaired) electrons. The van der Waals surface area contributed by atoms with Crippen LogP contribution in [0.5, 0.6) is 0 Å². The van der Waals surface area contributed by atoms with Crippen molar-refractivity contribution < 1.29 is 4.79 Å². The molecule has 0 aliphatic rings. The molecule has 0 saturated carbocycles. The fourth-order valence-corrected chi connectivity index (χ4v) is 2.89. The molecule has 1 aromatic carbocycles. The molecular weight excluding hydrogens is 298 g/mol. The molecule has 0 fully saturated rings. The molecule has 0 amide bonds.